The lowest BCUT2D eigenvalue weighted by Crippen LogP contribution is -2.27. The first-order valence-electron chi connectivity index (χ1n) is 5.35. The molecule has 1 aromatic carbocycles. The Labute approximate surface area is 99.7 Å². The Kier molecular flexibility index (Phi) is 4.75. The van der Waals surface area contributed by atoms with Crippen LogP contribution in [0.5, 0.6) is 5.75 Å². The summed E-state index contributed by atoms with van der Waals surface area (Å²) in [4.78, 5) is 11.2. The predicted octanol–water partition coefficient (Wildman–Crippen LogP) is 2.64. The Hall–Kier alpha value is -1.78. The van der Waals surface area contributed by atoms with Crippen LogP contribution in [0.4, 0.5) is 9.18 Å². The van der Waals surface area contributed by atoms with Crippen LogP contribution in [-0.2, 0) is 4.74 Å². The molecule has 1 atom stereocenters. The largest absolute Gasteiger partial charge is 0.494 e. The van der Waals surface area contributed by atoms with E-state index in [2.05, 4.69) is 5.32 Å². The summed E-state index contributed by atoms with van der Waals surface area (Å²) in [6, 6.07) is 4.22. The highest BCUT2D eigenvalue weighted by atomic mass is 19.1. The molecule has 0 saturated heterocycles. The zero-order valence-electron chi connectivity index (χ0n) is 10.1. The maximum Gasteiger partial charge on any atom is 0.407 e. The van der Waals surface area contributed by atoms with E-state index in [0.29, 0.717) is 12.2 Å². The SMILES string of the molecule is CCOC(=O)N[C@H](C)c1ccc(OC)c(F)c1. The Bertz CT molecular complexity index is 395. The van der Waals surface area contributed by atoms with Gasteiger partial charge in [0.1, 0.15) is 0 Å². The molecule has 1 amide bonds. The van der Waals surface area contributed by atoms with E-state index in [1.54, 1.807) is 19.9 Å². The molecule has 0 fully saturated rings. The van der Waals surface area contributed by atoms with Gasteiger partial charge in [-0.25, -0.2) is 9.18 Å². The number of halogens is 1. The lowest BCUT2D eigenvalue weighted by Gasteiger charge is -2.14. The van der Waals surface area contributed by atoms with Gasteiger partial charge in [-0.05, 0) is 31.5 Å². The fourth-order valence-electron chi connectivity index (χ4n) is 1.38. The molecule has 0 aromatic heterocycles. The topological polar surface area (TPSA) is 47.6 Å². The lowest BCUT2D eigenvalue weighted by atomic mass is 10.1. The first-order valence-corrected chi connectivity index (χ1v) is 5.35. The molecule has 0 aliphatic carbocycles. The average molecular weight is 241 g/mol. The molecule has 0 spiro atoms. The Morgan fingerprint density at radius 2 is 2.24 bits per heavy atom. The van der Waals surface area contributed by atoms with E-state index in [9.17, 15) is 9.18 Å². The molecule has 1 N–H and O–H groups in total. The smallest absolute Gasteiger partial charge is 0.407 e. The molecule has 5 heteroatoms. The molecule has 0 bridgehead atoms. The molecule has 0 heterocycles. The molecular formula is C12H16FNO3. The summed E-state index contributed by atoms with van der Waals surface area (Å²) in [5.41, 5.74) is 0.649. The molecule has 0 radical (unpaired) electrons. The molecule has 1 rings (SSSR count). The van der Waals surface area contributed by atoms with E-state index >= 15 is 0 Å². The van der Waals surface area contributed by atoms with Crippen molar-refractivity contribution in [3.63, 3.8) is 0 Å². The average Bonchev–Trinajstić information content (AvgIpc) is 2.29. The zero-order valence-corrected chi connectivity index (χ0v) is 10.1. The van der Waals surface area contributed by atoms with Gasteiger partial charge in [0.05, 0.1) is 19.8 Å². The Balaban J connectivity index is 2.72. The van der Waals surface area contributed by atoms with Crippen molar-refractivity contribution in [3.8, 4) is 5.75 Å². The summed E-state index contributed by atoms with van der Waals surface area (Å²) in [5, 5.41) is 2.59. The van der Waals surface area contributed by atoms with E-state index in [1.165, 1.54) is 19.2 Å². The predicted molar refractivity (Wildman–Crippen MR) is 61.5 cm³/mol. The van der Waals surface area contributed by atoms with Crippen LogP contribution in [0.1, 0.15) is 25.5 Å². The van der Waals surface area contributed by atoms with Crippen molar-refractivity contribution >= 4 is 6.09 Å². The van der Waals surface area contributed by atoms with Gasteiger partial charge in [0, 0.05) is 0 Å². The maximum atomic E-state index is 13.4. The third-order valence-electron chi connectivity index (χ3n) is 2.29. The van der Waals surface area contributed by atoms with Gasteiger partial charge >= 0.3 is 6.09 Å². The summed E-state index contributed by atoms with van der Waals surface area (Å²) in [5.74, 6) is -0.278. The highest BCUT2D eigenvalue weighted by Gasteiger charge is 2.12. The van der Waals surface area contributed by atoms with Crippen LogP contribution < -0.4 is 10.1 Å². The van der Waals surface area contributed by atoms with E-state index in [0.717, 1.165) is 0 Å². The van der Waals surface area contributed by atoms with E-state index in [4.69, 9.17) is 9.47 Å². The Morgan fingerprint density at radius 3 is 2.76 bits per heavy atom. The lowest BCUT2D eigenvalue weighted by molar-refractivity contribution is 0.149. The molecule has 1 aromatic rings. The molecule has 0 aliphatic rings. The first kappa shape index (κ1) is 13.3. The number of nitrogens with one attached hydrogen (secondary N) is 1. The molecule has 17 heavy (non-hydrogen) atoms. The molecule has 0 aliphatic heterocycles. The van der Waals surface area contributed by atoms with Gasteiger partial charge in [-0.1, -0.05) is 6.07 Å². The van der Waals surface area contributed by atoms with Crippen molar-refractivity contribution in [2.24, 2.45) is 0 Å². The number of alkyl carbamates (subject to hydrolysis) is 1. The number of hydrogen-bond donors (Lipinski definition) is 1. The maximum absolute atomic E-state index is 13.4. The molecule has 94 valence electrons. The van der Waals surface area contributed by atoms with Crippen molar-refractivity contribution in [2.45, 2.75) is 19.9 Å². The number of ether oxygens (including phenoxy) is 2. The Morgan fingerprint density at radius 1 is 1.53 bits per heavy atom. The number of carbonyl (C=O) groups excluding carboxylic acids is 1. The number of rotatable bonds is 4. The van der Waals surface area contributed by atoms with Crippen LogP contribution in [0, 0.1) is 5.82 Å². The van der Waals surface area contributed by atoms with Crippen LogP contribution in [0.25, 0.3) is 0 Å². The number of carbonyl (C=O) groups is 1. The van der Waals surface area contributed by atoms with Crippen molar-refractivity contribution in [3.05, 3.63) is 29.6 Å². The molecule has 4 nitrogen and oxygen atoms in total. The second-order valence-electron chi connectivity index (χ2n) is 3.48. The van der Waals surface area contributed by atoms with Gasteiger partial charge in [-0.15, -0.1) is 0 Å². The monoisotopic (exact) mass is 241 g/mol. The number of hydrogen-bond acceptors (Lipinski definition) is 3. The summed E-state index contributed by atoms with van der Waals surface area (Å²) in [6.45, 7) is 3.77. The second-order valence-corrected chi connectivity index (χ2v) is 3.48. The minimum atomic E-state index is -0.517. The van der Waals surface area contributed by atoms with Crippen LogP contribution >= 0.6 is 0 Å². The molecular weight excluding hydrogens is 225 g/mol. The fourth-order valence-corrected chi connectivity index (χ4v) is 1.38. The van der Waals surface area contributed by atoms with Crippen molar-refractivity contribution in [1.82, 2.24) is 5.32 Å². The van der Waals surface area contributed by atoms with Gasteiger partial charge in [0.25, 0.3) is 0 Å². The molecule has 0 unspecified atom stereocenters. The minimum Gasteiger partial charge on any atom is -0.494 e. The van der Waals surface area contributed by atoms with Crippen LogP contribution in [0.15, 0.2) is 18.2 Å². The summed E-state index contributed by atoms with van der Waals surface area (Å²) in [7, 11) is 1.40. The zero-order chi connectivity index (χ0) is 12.8. The molecule has 0 saturated carbocycles. The summed E-state index contributed by atoms with van der Waals surface area (Å²) < 4.78 is 23.0. The van der Waals surface area contributed by atoms with Gasteiger partial charge in [0.15, 0.2) is 11.6 Å². The van der Waals surface area contributed by atoms with E-state index in [-0.39, 0.29) is 11.8 Å². The number of benzene rings is 1. The third-order valence-corrected chi connectivity index (χ3v) is 2.29. The number of methoxy groups -OCH3 is 1. The van der Waals surface area contributed by atoms with E-state index < -0.39 is 11.9 Å². The highest BCUT2D eigenvalue weighted by Crippen LogP contribution is 2.21. The van der Waals surface area contributed by atoms with Gasteiger partial charge in [-0.3, -0.25) is 0 Å². The van der Waals surface area contributed by atoms with Gasteiger partial charge in [-0.2, -0.15) is 0 Å². The van der Waals surface area contributed by atoms with Gasteiger partial charge < -0.3 is 14.8 Å². The normalized spacial score (nSPS) is 11.8. The van der Waals surface area contributed by atoms with Crippen molar-refractivity contribution < 1.29 is 18.7 Å². The van der Waals surface area contributed by atoms with Crippen LogP contribution in [-0.4, -0.2) is 19.8 Å². The quantitative estimate of drug-likeness (QED) is 0.881. The third kappa shape index (κ3) is 3.62. The fraction of sp³-hybridized carbons (Fsp3) is 0.417. The summed E-state index contributed by atoms with van der Waals surface area (Å²) in [6.07, 6.45) is -0.517. The van der Waals surface area contributed by atoms with E-state index in [1.807, 2.05) is 0 Å². The van der Waals surface area contributed by atoms with Crippen LogP contribution in [0.2, 0.25) is 0 Å². The number of amides is 1. The van der Waals surface area contributed by atoms with Crippen molar-refractivity contribution in [1.29, 1.82) is 0 Å². The minimum absolute atomic E-state index is 0.178. The standard InChI is InChI=1S/C12H16FNO3/c1-4-17-12(15)14-8(2)9-5-6-11(16-3)10(13)7-9/h5-8H,4H2,1-3H3,(H,14,15)/t8-/m1/s1. The second kappa shape index (κ2) is 6.08. The summed E-state index contributed by atoms with van der Waals surface area (Å²) >= 11 is 0. The van der Waals surface area contributed by atoms with Gasteiger partial charge in [0.2, 0.25) is 0 Å². The van der Waals surface area contributed by atoms with Crippen molar-refractivity contribution in [2.75, 3.05) is 13.7 Å². The first-order chi connectivity index (χ1) is 8.08. The highest BCUT2D eigenvalue weighted by molar-refractivity contribution is 5.67. The van der Waals surface area contributed by atoms with Crippen LogP contribution in [0.3, 0.4) is 0 Å².